The van der Waals surface area contributed by atoms with Gasteiger partial charge in [0.05, 0.1) is 10.6 Å². The average Bonchev–Trinajstić information content (AvgIpc) is 2.68. The Labute approximate surface area is 173 Å². The molecule has 2 amide bonds. The molecule has 0 unspecified atom stereocenters. The van der Waals surface area contributed by atoms with Gasteiger partial charge in [-0.2, -0.15) is 0 Å². The van der Waals surface area contributed by atoms with Gasteiger partial charge in [0.25, 0.3) is 5.91 Å². The molecular formula is C22H18Cl2N2O2. The second kappa shape index (κ2) is 9.40. The summed E-state index contributed by atoms with van der Waals surface area (Å²) in [4.78, 5) is 24.4. The van der Waals surface area contributed by atoms with E-state index in [0.29, 0.717) is 34.8 Å². The first-order chi connectivity index (χ1) is 13.5. The maximum Gasteiger partial charge on any atom is 0.257 e. The highest BCUT2D eigenvalue weighted by atomic mass is 35.5. The molecule has 3 aromatic carbocycles. The molecule has 2 N–H and O–H groups in total. The Morgan fingerprint density at radius 3 is 2.07 bits per heavy atom. The van der Waals surface area contributed by atoms with Crippen LogP contribution in [0, 0.1) is 0 Å². The zero-order chi connectivity index (χ0) is 19.9. The molecule has 6 heteroatoms. The molecule has 3 aromatic rings. The topological polar surface area (TPSA) is 58.2 Å². The lowest BCUT2D eigenvalue weighted by molar-refractivity contribution is -0.116. The van der Waals surface area contributed by atoms with Crippen molar-refractivity contribution in [3.8, 4) is 0 Å². The number of hydrogen-bond donors (Lipinski definition) is 2. The van der Waals surface area contributed by atoms with Crippen molar-refractivity contribution < 1.29 is 9.59 Å². The van der Waals surface area contributed by atoms with E-state index in [0.717, 1.165) is 5.56 Å². The van der Waals surface area contributed by atoms with Crippen molar-refractivity contribution in [2.24, 2.45) is 0 Å². The first-order valence-corrected chi connectivity index (χ1v) is 9.47. The van der Waals surface area contributed by atoms with Gasteiger partial charge in [-0.3, -0.25) is 9.59 Å². The molecule has 0 aliphatic carbocycles. The number of anilines is 2. The summed E-state index contributed by atoms with van der Waals surface area (Å²) in [5.74, 6) is -0.394. The third-order valence-electron chi connectivity index (χ3n) is 4.09. The van der Waals surface area contributed by atoms with Crippen molar-refractivity contribution in [3.05, 3.63) is 94.0 Å². The van der Waals surface area contributed by atoms with Gasteiger partial charge < -0.3 is 10.6 Å². The van der Waals surface area contributed by atoms with Crippen molar-refractivity contribution in [2.45, 2.75) is 12.8 Å². The summed E-state index contributed by atoms with van der Waals surface area (Å²) >= 11 is 11.9. The summed E-state index contributed by atoms with van der Waals surface area (Å²) in [6, 6.07) is 21.5. The lowest BCUT2D eigenvalue weighted by atomic mass is 10.1. The summed E-state index contributed by atoms with van der Waals surface area (Å²) < 4.78 is 0. The Morgan fingerprint density at radius 2 is 1.43 bits per heavy atom. The number of amides is 2. The highest BCUT2D eigenvalue weighted by molar-refractivity contribution is 6.37. The number of halogens is 2. The van der Waals surface area contributed by atoms with Gasteiger partial charge in [0.1, 0.15) is 0 Å². The van der Waals surface area contributed by atoms with Gasteiger partial charge in [-0.1, -0.05) is 53.5 Å². The molecular weight excluding hydrogens is 395 g/mol. The molecule has 0 saturated carbocycles. The zero-order valence-electron chi connectivity index (χ0n) is 14.9. The SMILES string of the molecule is O=C(CCc1ccccc1)Nc1ccc(NC(=O)c2ccc(Cl)cc2Cl)cc1. The second-order valence-corrected chi connectivity index (χ2v) is 7.03. The van der Waals surface area contributed by atoms with Crippen LogP contribution in [0.25, 0.3) is 0 Å². The molecule has 0 radical (unpaired) electrons. The molecule has 0 aliphatic rings. The van der Waals surface area contributed by atoms with Crippen LogP contribution in [0.3, 0.4) is 0 Å². The van der Waals surface area contributed by atoms with Gasteiger partial charge in [-0.15, -0.1) is 0 Å². The number of rotatable bonds is 6. The lowest BCUT2D eigenvalue weighted by Crippen LogP contribution is -2.13. The molecule has 3 rings (SSSR count). The van der Waals surface area contributed by atoms with Crippen LogP contribution in [0.4, 0.5) is 11.4 Å². The van der Waals surface area contributed by atoms with E-state index in [1.807, 2.05) is 30.3 Å². The smallest absolute Gasteiger partial charge is 0.257 e. The minimum absolute atomic E-state index is 0.0615. The third-order valence-corrected chi connectivity index (χ3v) is 4.63. The highest BCUT2D eigenvalue weighted by Gasteiger charge is 2.11. The number of hydrogen-bond acceptors (Lipinski definition) is 2. The van der Waals surface area contributed by atoms with E-state index in [1.165, 1.54) is 6.07 Å². The van der Waals surface area contributed by atoms with Gasteiger partial charge in [0.2, 0.25) is 5.91 Å². The molecule has 0 atom stereocenters. The monoisotopic (exact) mass is 412 g/mol. The molecule has 0 aromatic heterocycles. The van der Waals surface area contributed by atoms with E-state index in [2.05, 4.69) is 10.6 Å². The van der Waals surface area contributed by atoms with E-state index < -0.39 is 0 Å². The second-order valence-electron chi connectivity index (χ2n) is 6.19. The molecule has 0 bridgehead atoms. The van der Waals surface area contributed by atoms with Crippen LogP contribution in [-0.2, 0) is 11.2 Å². The van der Waals surface area contributed by atoms with Gasteiger partial charge in [0, 0.05) is 22.8 Å². The molecule has 0 heterocycles. The minimum atomic E-state index is -0.332. The van der Waals surface area contributed by atoms with Crippen LogP contribution in [0.15, 0.2) is 72.8 Å². The van der Waals surface area contributed by atoms with E-state index in [9.17, 15) is 9.59 Å². The number of carbonyl (C=O) groups excluding carboxylic acids is 2. The van der Waals surface area contributed by atoms with Crippen LogP contribution in [0.2, 0.25) is 10.0 Å². The normalized spacial score (nSPS) is 10.4. The van der Waals surface area contributed by atoms with Gasteiger partial charge in [0.15, 0.2) is 0 Å². The van der Waals surface area contributed by atoms with Gasteiger partial charge in [-0.05, 0) is 54.4 Å². The Kier molecular flexibility index (Phi) is 6.69. The largest absolute Gasteiger partial charge is 0.326 e. The van der Waals surface area contributed by atoms with Crippen LogP contribution >= 0.6 is 23.2 Å². The van der Waals surface area contributed by atoms with Crippen molar-refractivity contribution in [1.29, 1.82) is 0 Å². The maximum absolute atomic E-state index is 12.3. The standard InChI is InChI=1S/C22H18Cl2N2O2/c23-16-7-12-19(20(24)14-16)22(28)26-18-10-8-17(9-11-18)25-21(27)13-6-15-4-2-1-3-5-15/h1-5,7-12,14H,6,13H2,(H,25,27)(H,26,28). The first-order valence-electron chi connectivity index (χ1n) is 8.71. The minimum Gasteiger partial charge on any atom is -0.326 e. The van der Waals surface area contributed by atoms with Gasteiger partial charge >= 0.3 is 0 Å². The van der Waals surface area contributed by atoms with E-state index >= 15 is 0 Å². The fraction of sp³-hybridized carbons (Fsp3) is 0.0909. The summed E-state index contributed by atoms with van der Waals surface area (Å²) in [7, 11) is 0. The number of benzene rings is 3. The van der Waals surface area contributed by atoms with Gasteiger partial charge in [-0.25, -0.2) is 0 Å². The summed E-state index contributed by atoms with van der Waals surface area (Å²) in [5.41, 5.74) is 2.72. The Morgan fingerprint density at radius 1 is 0.786 bits per heavy atom. The van der Waals surface area contributed by atoms with Crippen molar-refractivity contribution >= 4 is 46.4 Å². The molecule has 28 heavy (non-hydrogen) atoms. The van der Waals surface area contributed by atoms with Crippen LogP contribution < -0.4 is 10.6 Å². The average molecular weight is 413 g/mol. The molecule has 0 aliphatic heterocycles. The van der Waals surface area contributed by atoms with Crippen LogP contribution in [-0.4, -0.2) is 11.8 Å². The third kappa shape index (κ3) is 5.59. The van der Waals surface area contributed by atoms with E-state index in [1.54, 1.807) is 36.4 Å². The number of nitrogens with one attached hydrogen (secondary N) is 2. The zero-order valence-corrected chi connectivity index (χ0v) is 16.4. The number of carbonyl (C=O) groups is 2. The number of aryl methyl sites for hydroxylation is 1. The Bertz CT molecular complexity index is 974. The lowest BCUT2D eigenvalue weighted by Gasteiger charge is -2.09. The van der Waals surface area contributed by atoms with Crippen LogP contribution in [0.5, 0.6) is 0 Å². The van der Waals surface area contributed by atoms with E-state index in [-0.39, 0.29) is 16.8 Å². The van der Waals surface area contributed by atoms with Crippen molar-refractivity contribution in [3.63, 3.8) is 0 Å². The Hall–Kier alpha value is -2.82. The van der Waals surface area contributed by atoms with Crippen molar-refractivity contribution in [2.75, 3.05) is 10.6 Å². The molecule has 4 nitrogen and oxygen atoms in total. The summed E-state index contributed by atoms with van der Waals surface area (Å²) in [6.45, 7) is 0. The highest BCUT2D eigenvalue weighted by Crippen LogP contribution is 2.22. The fourth-order valence-electron chi connectivity index (χ4n) is 2.63. The quantitative estimate of drug-likeness (QED) is 0.535. The van der Waals surface area contributed by atoms with E-state index in [4.69, 9.17) is 23.2 Å². The maximum atomic E-state index is 12.3. The predicted octanol–water partition coefficient (Wildman–Crippen LogP) is 5.82. The Balaban J connectivity index is 1.54. The predicted molar refractivity (Wildman–Crippen MR) is 114 cm³/mol. The summed E-state index contributed by atoms with van der Waals surface area (Å²) in [6.07, 6.45) is 1.08. The van der Waals surface area contributed by atoms with Crippen LogP contribution in [0.1, 0.15) is 22.3 Å². The fourth-order valence-corrected chi connectivity index (χ4v) is 3.13. The van der Waals surface area contributed by atoms with Crippen molar-refractivity contribution in [1.82, 2.24) is 0 Å². The summed E-state index contributed by atoms with van der Waals surface area (Å²) in [5, 5.41) is 6.37. The molecule has 142 valence electrons. The molecule has 0 saturated heterocycles. The molecule has 0 fully saturated rings. The first kappa shape index (κ1) is 19.9. The molecule has 0 spiro atoms.